The van der Waals surface area contributed by atoms with Gasteiger partial charge < -0.3 is 10.1 Å². The lowest BCUT2D eigenvalue weighted by Crippen LogP contribution is -2.14. The molecular formula is C21H19NO2. The number of hydrogen-bond acceptors (Lipinski definition) is 2. The number of rotatable bonds is 6. The van der Waals surface area contributed by atoms with Gasteiger partial charge in [0.15, 0.2) is 0 Å². The van der Waals surface area contributed by atoms with Crippen molar-refractivity contribution in [2.45, 2.75) is 13.0 Å². The Balaban J connectivity index is 1.57. The average Bonchev–Trinajstić information content (AvgIpc) is 2.62. The van der Waals surface area contributed by atoms with Gasteiger partial charge in [-0.25, -0.2) is 0 Å². The summed E-state index contributed by atoms with van der Waals surface area (Å²) in [5.41, 5.74) is 2.85. The molecule has 0 fully saturated rings. The fourth-order valence-electron chi connectivity index (χ4n) is 2.40. The molecule has 0 atom stereocenters. The van der Waals surface area contributed by atoms with Gasteiger partial charge in [0.1, 0.15) is 12.4 Å². The zero-order valence-corrected chi connectivity index (χ0v) is 13.3. The van der Waals surface area contributed by atoms with Crippen molar-refractivity contribution in [3.63, 3.8) is 0 Å². The highest BCUT2D eigenvalue weighted by atomic mass is 16.5. The van der Waals surface area contributed by atoms with Crippen LogP contribution in [0.1, 0.15) is 11.1 Å². The van der Waals surface area contributed by atoms with E-state index in [0.29, 0.717) is 13.0 Å². The van der Waals surface area contributed by atoms with E-state index in [1.165, 1.54) is 0 Å². The largest absolute Gasteiger partial charge is 0.489 e. The second kappa shape index (κ2) is 7.97. The lowest BCUT2D eigenvalue weighted by atomic mass is 10.1. The van der Waals surface area contributed by atoms with E-state index in [1.807, 2.05) is 84.9 Å². The molecule has 0 aliphatic carbocycles. The van der Waals surface area contributed by atoms with Crippen LogP contribution in [0.15, 0.2) is 84.9 Å². The second-order valence-electron chi connectivity index (χ2n) is 5.51. The summed E-state index contributed by atoms with van der Waals surface area (Å²) in [6.45, 7) is 0.514. The van der Waals surface area contributed by atoms with Crippen molar-refractivity contribution in [2.75, 3.05) is 5.32 Å². The van der Waals surface area contributed by atoms with E-state index in [9.17, 15) is 4.79 Å². The normalized spacial score (nSPS) is 10.2. The summed E-state index contributed by atoms with van der Waals surface area (Å²) < 4.78 is 5.80. The molecule has 3 aromatic carbocycles. The SMILES string of the molecule is O=C(Cc1cccc(OCc2ccccc2)c1)Nc1ccccc1. The van der Waals surface area contributed by atoms with E-state index < -0.39 is 0 Å². The van der Waals surface area contributed by atoms with Gasteiger partial charge in [-0.2, -0.15) is 0 Å². The summed E-state index contributed by atoms with van der Waals surface area (Å²) in [6, 6.07) is 27.1. The van der Waals surface area contributed by atoms with E-state index in [2.05, 4.69) is 5.32 Å². The number of carbonyl (C=O) groups excluding carboxylic acids is 1. The van der Waals surface area contributed by atoms with Crippen molar-refractivity contribution in [3.8, 4) is 5.75 Å². The average molecular weight is 317 g/mol. The maximum atomic E-state index is 12.1. The number of carbonyl (C=O) groups is 1. The van der Waals surface area contributed by atoms with Crippen molar-refractivity contribution in [3.05, 3.63) is 96.1 Å². The molecule has 3 rings (SSSR count). The zero-order chi connectivity index (χ0) is 16.6. The molecule has 0 bridgehead atoms. The Bertz CT molecular complexity index is 785. The van der Waals surface area contributed by atoms with Crippen molar-refractivity contribution < 1.29 is 9.53 Å². The highest BCUT2D eigenvalue weighted by Crippen LogP contribution is 2.16. The Kier molecular flexibility index (Phi) is 5.25. The molecule has 0 radical (unpaired) electrons. The van der Waals surface area contributed by atoms with Gasteiger partial charge in [-0.1, -0.05) is 60.7 Å². The van der Waals surface area contributed by atoms with Crippen molar-refractivity contribution in [1.82, 2.24) is 0 Å². The van der Waals surface area contributed by atoms with E-state index >= 15 is 0 Å². The highest BCUT2D eigenvalue weighted by molar-refractivity contribution is 5.92. The Morgan fingerprint density at radius 2 is 1.46 bits per heavy atom. The molecule has 0 aliphatic heterocycles. The quantitative estimate of drug-likeness (QED) is 0.729. The van der Waals surface area contributed by atoms with Crippen LogP contribution in [-0.2, 0) is 17.8 Å². The summed E-state index contributed by atoms with van der Waals surface area (Å²) >= 11 is 0. The molecule has 0 saturated heterocycles. The molecule has 3 heteroatoms. The Morgan fingerprint density at radius 3 is 2.21 bits per heavy atom. The van der Waals surface area contributed by atoms with E-state index in [0.717, 1.165) is 22.6 Å². The number of ether oxygens (including phenoxy) is 1. The monoisotopic (exact) mass is 317 g/mol. The van der Waals surface area contributed by atoms with Crippen LogP contribution >= 0.6 is 0 Å². The second-order valence-corrected chi connectivity index (χ2v) is 5.51. The lowest BCUT2D eigenvalue weighted by molar-refractivity contribution is -0.115. The Labute approximate surface area is 141 Å². The number of anilines is 1. The predicted octanol–water partition coefficient (Wildman–Crippen LogP) is 4.45. The summed E-state index contributed by atoms with van der Waals surface area (Å²) in [7, 11) is 0. The summed E-state index contributed by atoms with van der Waals surface area (Å²) in [5.74, 6) is 0.727. The first-order chi connectivity index (χ1) is 11.8. The van der Waals surface area contributed by atoms with Gasteiger partial charge in [0.2, 0.25) is 5.91 Å². The topological polar surface area (TPSA) is 38.3 Å². The molecule has 0 aliphatic rings. The fourth-order valence-corrected chi connectivity index (χ4v) is 2.40. The maximum Gasteiger partial charge on any atom is 0.228 e. The smallest absolute Gasteiger partial charge is 0.228 e. The Morgan fingerprint density at radius 1 is 0.792 bits per heavy atom. The van der Waals surface area contributed by atoms with Gasteiger partial charge in [-0.05, 0) is 35.4 Å². The molecule has 0 saturated carbocycles. The number of amides is 1. The van der Waals surface area contributed by atoms with Gasteiger partial charge in [-0.3, -0.25) is 4.79 Å². The van der Waals surface area contributed by atoms with E-state index in [4.69, 9.17) is 4.74 Å². The highest BCUT2D eigenvalue weighted by Gasteiger charge is 2.05. The molecule has 1 N–H and O–H groups in total. The van der Waals surface area contributed by atoms with Gasteiger partial charge in [-0.15, -0.1) is 0 Å². The third kappa shape index (κ3) is 4.71. The number of para-hydroxylation sites is 1. The first-order valence-electron chi connectivity index (χ1n) is 7.90. The van der Waals surface area contributed by atoms with Gasteiger partial charge >= 0.3 is 0 Å². The standard InChI is InChI=1S/C21H19NO2/c23-21(22-19-11-5-2-6-12-19)15-18-10-7-13-20(14-18)24-16-17-8-3-1-4-9-17/h1-14H,15-16H2,(H,22,23). The third-order valence-electron chi connectivity index (χ3n) is 3.57. The molecule has 3 aromatic rings. The molecule has 0 heterocycles. The minimum Gasteiger partial charge on any atom is -0.489 e. The molecule has 0 spiro atoms. The van der Waals surface area contributed by atoms with E-state index in [-0.39, 0.29) is 5.91 Å². The summed E-state index contributed by atoms with van der Waals surface area (Å²) in [5, 5.41) is 2.89. The number of nitrogens with one attached hydrogen (secondary N) is 1. The molecule has 0 unspecified atom stereocenters. The van der Waals surface area contributed by atoms with Crippen LogP contribution in [0.25, 0.3) is 0 Å². The zero-order valence-electron chi connectivity index (χ0n) is 13.3. The van der Waals surface area contributed by atoms with Crippen LogP contribution in [0.3, 0.4) is 0 Å². The van der Waals surface area contributed by atoms with Gasteiger partial charge in [0.25, 0.3) is 0 Å². The van der Waals surface area contributed by atoms with Crippen LogP contribution in [0.5, 0.6) is 5.75 Å². The molecular weight excluding hydrogens is 298 g/mol. The third-order valence-corrected chi connectivity index (χ3v) is 3.57. The van der Waals surface area contributed by atoms with Crippen LogP contribution in [0.2, 0.25) is 0 Å². The molecule has 3 nitrogen and oxygen atoms in total. The number of hydrogen-bond donors (Lipinski definition) is 1. The maximum absolute atomic E-state index is 12.1. The van der Waals surface area contributed by atoms with Crippen molar-refractivity contribution in [2.24, 2.45) is 0 Å². The first kappa shape index (κ1) is 15.8. The van der Waals surface area contributed by atoms with Crippen molar-refractivity contribution in [1.29, 1.82) is 0 Å². The fraction of sp³-hybridized carbons (Fsp3) is 0.0952. The lowest BCUT2D eigenvalue weighted by Gasteiger charge is -2.09. The first-order valence-corrected chi connectivity index (χ1v) is 7.90. The van der Waals surface area contributed by atoms with Crippen LogP contribution < -0.4 is 10.1 Å². The summed E-state index contributed by atoms with van der Waals surface area (Å²) in [6.07, 6.45) is 0.317. The van der Waals surface area contributed by atoms with Crippen LogP contribution in [0, 0.1) is 0 Å². The van der Waals surface area contributed by atoms with Crippen LogP contribution in [0.4, 0.5) is 5.69 Å². The van der Waals surface area contributed by atoms with Gasteiger partial charge in [0.05, 0.1) is 6.42 Å². The molecule has 1 amide bonds. The summed E-state index contributed by atoms with van der Waals surface area (Å²) in [4.78, 5) is 12.1. The predicted molar refractivity (Wildman–Crippen MR) is 96.0 cm³/mol. The van der Waals surface area contributed by atoms with Crippen molar-refractivity contribution >= 4 is 11.6 Å². The molecule has 24 heavy (non-hydrogen) atoms. The van der Waals surface area contributed by atoms with Gasteiger partial charge in [0, 0.05) is 5.69 Å². The Hall–Kier alpha value is -3.07. The minimum atomic E-state index is -0.0404. The van der Waals surface area contributed by atoms with Crippen LogP contribution in [-0.4, -0.2) is 5.91 Å². The number of benzene rings is 3. The molecule has 0 aromatic heterocycles. The van der Waals surface area contributed by atoms with E-state index in [1.54, 1.807) is 0 Å². The molecule has 120 valence electrons. The minimum absolute atomic E-state index is 0.0404.